The minimum Gasteiger partial charge on any atom is -0.496 e. The van der Waals surface area contributed by atoms with Gasteiger partial charge in [0, 0.05) is 30.2 Å². The zero-order chi connectivity index (χ0) is 14.1. The third-order valence-electron chi connectivity index (χ3n) is 3.18. The first-order valence-electron chi connectivity index (χ1n) is 6.17. The summed E-state index contributed by atoms with van der Waals surface area (Å²) in [5, 5.41) is 2.02. The largest absolute Gasteiger partial charge is 0.496 e. The topological polar surface area (TPSA) is 52.5 Å². The van der Waals surface area contributed by atoms with E-state index in [9.17, 15) is 0 Å². The molecule has 0 aliphatic heterocycles. The van der Waals surface area contributed by atoms with Crippen LogP contribution in [0.3, 0.4) is 0 Å². The standard InChI is InChI=1S/C14H14BrN3OS/c1-19-13-3-2-9(6-11(13)15)12(16)7-10-8-18-4-5-20-14(18)17-10/h2-6,8,12H,7,16H2,1H3. The Morgan fingerprint density at radius 3 is 3.05 bits per heavy atom. The van der Waals surface area contributed by atoms with Crippen LogP contribution in [0.2, 0.25) is 0 Å². The van der Waals surface area contributed by atoms with E-state index in [0.717, 1.165) is 26.4 Å². The minimum atomic E-state index is -0.0817. The van der Waals surface area contributed by atoms with Crippen molar-refractivity contribution in [2.45, 2.75) is 12.5 Å². The van der Waals surface area contributed by atoms with E-state index in [0.29, 0.717) is 6.42 Å². The first kappa shape index (κ1) is 13.6. The summed E-state index contributed by atoms with van der Waals surface area (Å²) < 4.78 is 8.17. The molecule has 20 heavy (non-hydrogen) atoms. The molecule has 104 valence electrons. The Bertz CT molecular complexity index is 708. The van der Waals surface area contributed by atoms with Crippen molar-refractivity contribution in [3.63, 3.8) is 0 Å². The third kappa shape index (κ3) is 2.59. The predicted octanol–water partition coefficient (Wildman–Crippen LogP) is 3.41. The van der Waals surface area contributed by atoms with Gasteiger partial charge in [-0.15, -0.1) is 11.3 Å². The Balaban J connectivity index is 1.80. The molecule has 6 heteroatoms. The first-order chi connectivity index (χ1) is 9.67. The molecule has 4 nitrogen and oxygen atoms in total. The molecular formula is C14H14BrN3OS. The van der Waals surface area contributed by atoms with Gasteiger partial charge in [0.1, 0.15) is 5.75 Å². The van der Waals surface area contributed by atoms with Gasteiger partial charge in [0.25, 0.3) is 0 Å². The molecule has 0 bridgehead atoms. The van der Waals surface area contributed by atoms with Gasteiger partial charge in [0.15, 0.2) is 4.96 Å². The van der Waals surface area contributed by atoms with Crippen LogP contribution in [0.5, 0.6) is 5.75 Å². The second kappa shape index (κ2) is 5.55. The average Bonchev–Trinajstić information content (AvgIpc) is 2.99. The maximum absolute atomic E-state index is 6.27. The van der Waals surface area contributed by atoms with Gasteiger partial charge in [-0.05, 0) is 33.6 Å². The molecule has 0 saturated carbocycles. The van der Waals surface area contributed by atoms with Gasteiger partial charge < -0.3 is 10.5 Å². The van der Waals surface area contributed by atoms with E-state index in [2.05, 4.69) is 20.9 Å². The summed E-state index contributed by atoms with van der Waals surface area (Å²) in [6.07, 6.45) is 4.75. The molecule has 1 atom stereocenters. The fraction of sp³-hybridized carbons (Fsp3) is 0.214. The number of rotatable bonds is 4. The summed E-state index contributed by atoms with van der Waals surface area (Å²) in [7, 11) is 1.65. The number of hydrogen-bond acceptors (Lipinski definition) is 4. The number of benzene rings is 1. The smallest absolute Gasteiger partial charge is 0.193 e. The van der Waals surface area contributed by atoms with Crippen molar-refractivity contribution in [3.8, 4) is 5.75 Å². The SMILES string of the molecule is COc1ccc(C(N)Cc2cn3ccsc3n2)cc1Br. The fourth-order valence-electron chi connectivity index (χ4n) is 2.13. The number of imidazole rings is 1. The lowest BCUT2D eigenvalue weighted by molar-refractivity contribution is 0.412. The number of nitrogens with zero attached hydrogens (tertiary/aromatic N) is 2. The summed E-state index contributed by atoms with van der Waals surface area (Å²) >= 11 is 5.11. The number of methoxy groups -OCH3 is 1. The zero-order valence-corrected chi connectivity index (χ0v) is 13.3. The van der Waals surface area contributed by atoms with E-state index in [1.54, 1.807) is 18.4 Å². The van der Waals surface area contributed by atoms with Crippen molar-refractivity contribution in [3.05, 3.63) is 51.7 Å². The van der Waals surface area contributed by atoms with Crippen molar-refractivity contribution in [2.24, 2.45) is 5.73 Å². The molecule has 1 unspecified atom stereocenters. The van der Waals surface area contributed by atoms with Gasteiger partial charge in [-0.1, -0.05) is 6.07 Å². The van der Waals surface area contributed by atoms with Crippen molar-refractivity contribution < 1.29 is 4.74 Å². The van der Waals surface area contributed by atoms with Crippen LogP contribution >= 0.6 is 27.3 Å². The number of thiazole rings is 1. The van der Waals surface area contributed by atoms with Gasteiger partial charge in [-0.25, -0.2) is 4.98 Å². The molecule has 0 spiro atoms. The van der Waals surface area contributed by atoms with Crippen LogP contribution in [0.25, 0.3) is 4.96 Å². The van der Waals surface area contributed by atoms with Crippen LogP contribution in [0.1, 0.15) is 17.3 Å². The lowest BCUT2D eigenvalue weighted by Gasteiger charge is -2.12. The second-order valence-corrected chi connectivity index (χ2v) is 6.26. The van der Waals surface area contributed by atoms with E-state index in [1.165, 1.54) is 0 Å². The molecule has 2 heterocycles. The van der Waals surface area contributed by atoms with Crippen molar-refractivity contribution in [2.75, 3.05) is 7.11 Å². The van der Waals surface area contributed by atoms with Crippen LogP contribution in [-0.4, -0.2) is 16.5 Å². The van der Waals surface area contributed by atoms with Crippen LogP contribution in [0.15, 0.2) is 40.4 Å². The Labute approximate surface area is 129 Å². The van der Waals surface area contributed by atoms with E-state index >= 15 is 0 Å². The molecule has 0 fully saturated rings. The van der Waals surface area contributed by atoms with E-state index < -0.39 is 0 Å². The number of halogens is 1. The molecule has 0 amide bonds. The van der Waals surface area contributed by atoms with Crippen LogP contribution in [-0.2, 0) is 6.42 Å². The highest BCUT2D eigenvalue weighted by molar-refractivity contribution is 9.10. The molecule has 2 aromatic heterocycles. The third-order valence-corrected chi connectivity index (χ3v) is 4.57. The summed E-state index contributed by atoms with van der Waals surface area (Å²) in [5.74, 6) is 0.809. The highest BCUT2D eigenvalue weighted by atomic mass is 79.9. The zero-order valence-electron chi connectivity index (χ0n) is 10.9. The molecule has 2 N–H and O–H groups in total. The lowest BCUT2D eigenvalue weighted by atomic mass is 10.0. The second-order valence-electron chi connectivity index (χ2n) is 4.53. The molecular weight excluding hydrogens is 338 g/mol. The fourth-order valence-corrected chi connectivity index (χ4v) is 3.41. The van der Waals surface area contributed by atoms with Gasteiger partial charge in [-0.3, -0.25) is 4.40 Å². The Kier molecular flexibility index (Phi) is 3.78. The Hall–Kier alpha value is -1.37. The number of fused-ring (bicyclic) bond motifs is 1. The van der Waals surface area contributed by atoms with E-state index in [4.69, 9.17) is 10.5 Å². The highest BCUT2D eigenvalue weighted by Gasteiger charge is 2.12. The molecule has 0 radical (unpaired) electrons. The Morgan fingerprint density at radius 2 is 2.35 bits per heavy atom. The average molecular weight is 352 g/mol. The van der Waals surface area contributed by atoms with Gasteiger partial charge in [0.2, 0.25) is 0 Å². The number of ether oxygens (including phenoxy) is 1. The summed E-state index contributed by atoms with van der Waals surface area (Å²) in [6.45, 7) is 0. The highest BCUT2D eigenvalue weighted by Crippen LogP contribution is 2.28. The van der Waals surface area contributed by atoms with Crippen molar-refractivity contribution >= 4 is 32.2 Å². The summed E-state index contributed by atoms with van der Waals surface area (Å²) in [4.78, 5) is 5.56. The Morgan fingerprint density at radius 1 is 1.50 bits per heavy atom. The van der Waals surface area contributed by atoms with Crippen molar-refractivity contribution in [1.82, 2.24) is 9.38 Å². The number of hydrogen-bond donors (Lipinski definition) is 1. The lowest BCUT2D eigenvalue weighted by Crippen LogP contribution is -2.13. The quantitative estimate of drug-likeness (QED) is 0.783. The summed E-state index contributed by atoms with van der Waals surface area (Å²) in [5.41, 5.74) is 8.34. The van der Waals surface area contributed by atoms with Gasteiger partial charge >= 0.3 is 0 Å². The van der Waals surface area contributed by atoms with E-state index in [1.807, 2.05) is 40.4 Å². The predicted molar refractivity (Wildman–Crippen MR) is 84.4 cm³/mol. The molecule has 0 aliphatic carbocycles. The van der Waals surface area contributed by atoms with Gasteiger partial charge in [0.05, 0.1) is 17.3 Å². The summed E-state index contributed by atoms with van der Waals surface area (Å²) in [6, 6.07) is 5.83. The number of nitrogens with two attached hydrogens (primary N) is 1. The monoisotopic (exact) mass is 351 g/mol. The normalized spacial score (nSPS) is 12.8. The van der Waals surface area contributed by atoms with Crippen LogP contribution in [0, 0.1) is 0 Å². The van der Waals surface area contributed by atoms with Gasteiger partial charge in [-0.2, -0.15) is 0 Å². The van der Waals surface area contributed by atoms with Crippen LogP contribution in [0.4, 0.5) is 0 Å². The van der Waals surface area contributed by atoms with Crippen molar-refractivity contribution in [1.29, 1.82) is 0 Å². The molecule has 1 aromatic carbocycles. The molecule has 3 aromatic rings. The first-order valence-corrected chi connectivity index (χ1v) is 7.84. The number of aromatic nitrogens is 2. The van der Waals surface area contributed by atoms with E-state index in [-0.39, 0.29) is 6.04 Å². The molecule has 0 saturated heterocycles. The maximum Gasteiger partial charge on any atom is 0.193 e. The molecule has 0 aliphatic rings. The van der Waals surface area contributed by atoms with Crippen LogP contribution < -0.4 is 10.5 Å². The molecule has 3 rings (SSSR count). The maximum atomic E-state index is 6.27. The minimum absolute atomic E-state index is 0.0817.